The summed E-state index contributed by atoms with van der Waals surface area (Å²) in [5.74, 6) is 0.434. The molecule has 17 heavy (non-hydrogen) atoms. The Bertz CT molecular complexity index is 429. The predicted molar refractivity (Wildman–Crippen MR) is 68.0 cm³/mol. The molecule has 1 aromatic rings. The molecule has 1 aliphatic carbocycles. The van der Waals surface area contributed by atoms with Crippen LogP contribution in [0.1, 0.15) is 32.6 Å². The summed E-state index contributed by atoms with van der Waals surface area (Å²) in [6, 6.07) is 0.323. The summed E-state index contributed by atoms with van der Waals surface area (Å²) in [4.78, 5) is 16.2. The standard InChI is InChI=1S/C12H20N4O/c1-2-7-16-8-6-14-11(12(16)17)15-10-5-3-4-9(10)13/h6,8-10H,2-5,7,13H2,1H3,(H,14,15). The van der Waals surface area contributed by atoms with Crippen LogP contribution < -0.4 is 16.6 Å². The highest BCUT2D eigenvalue weighted by Crippen LogP contribution is 2.19. The van der Waals surface area contributed by atoms with E-state index in [9.17, 15) is 4.79 Å². The highest BCUT2D eigenvalue weighted by molar-refractivity contribution is 5.33. The molecule has 2 rings (SSSR count). The fraction of sp³-hybridized carbons (Fsp3) is 0.667. The van der Waals surface area contributed by atoms with Gasteiger partial charge in [-0.1, -0.05) is 6.92 Å². The van der Waals surface area contributed by atoms with Crippen molar-refractivity contribution in [2.45, 2.75) is 51.2 Å². The van der Waals surface area contributed by atoms with Gasteiger partial charge in [-0.15, -0.1) is 0 Å². The Kier molecular flexibility index (Phi) is 3.78. The quantitative estimate of drug-likeness (QED) is 0.816. The average molecular weight is 236 g/mol. The van der Waals surface area contributed by atoms with Gasteiger partial charge in [0.1, 0.15) is 0 Å². The third kappa shape index (κ3) is 2.66. The lowest BCUT2D eigenvalue weighted by molar-refractivity contribution is 0.621. The average Bonchev–Trinajstić information content (AvgIpc) is 2.70. The zero-order valence-corrected chi connectivity index (χ0v) is 10.2. The molecular weight excluding hydrogens is 216 g/mol. The van der Waals surface area contributed by atoms with Crippen molar-refractivity contribution >= 4 is 5.82 Å². The van der Waals surface area contributed by atoms with Gasteiger partial charge in [0.2, 0.25) is 0 Å². The molecule has 1 saturated carbocycles. The number of nitrogens with two attached hydrogens (primary N) is 1. The van der Waals surface area contributed by atoms with Gasteiger partial charge in [-0.05, 0) is 25.7 Å². The first-order valence-electron chi connectivity index (χ1n) is 6.30. The Morgan fingerprint density at radius 2 is 2.41 bits per heavy atom. The van der Waals surface area contributed by atoms with Crippen LogP contribution in [0.2, 0.25) is 0 Å². The number of rotatable bonds is 4. The molecule has 5 heteroatoms. The third-order valence-electron chi connectivity index (χ3n) is 3.27. The monoisotopic (exact) mass is 236 g/mol. The molecule has 0 spiro atoms. The summed E-state index contributed by atoms with van der Waals surface area (Å²) >= 11 is 0. The summed E-state index contributed by atoms with van der Waals surface area (Å²) in [7, 11) is 0. The molecule has 2 atom stereocenters. The Hall–Kier alpha value is -1.36. The highest BCUT2D eigenvalue weighted by atomic mass is 16.1. The number of nitrogens with one attached hydrogen (secondary N) is 1. The maximum atomic E-state index is 12.1. The molecule has 0 radical (unpaired) electrons. The SMILES string of the molecule is CCCn1ccnc(NC2CCCC2N)c1=O. The first-order valence-corrected chi connectivity index (χ1v) is 6.30. The zero-order valence-electron chi connectivity index (χ0n) is 10.2. The topological polar surface area (TPSA) is 72.9 Å². The fourth-order valence-corrected chi connectivity index (χ4v) is 2.31. The van der Waals surface area contributed by atoms with Crippen LogP contribution in [-0.2, 0) is 6.54 Å². The molecule has 5 nitrogen and oxygen atoms in total. The number of nitrogens with zero attached hydrogens (tertiary/aromatic N) is 2. The van der Waals surface area contributed by atoms with Crippen LogP contribution in [0.4, 0.5) is 5.82 Å². The predicted octanol–water partition coefficient (Wildman–Crippen LogP) is 0.945. The van der Waals surface area contributed by atoms with Crippen molar-refractivity contribution in [1.82, 2.24) is 9.55 Å². The van der Waals surface area contributed by atoms with E-state index in [4.69, 9.17) is 5.73 Å². The zero-order chi connectivity index (χ0) is 12.3. The van der Waals surface area contributed by atoms with Crippen molar-refractivity contribution in [2.75, 3.05) is 5.32 Å². The van der Waals surface area contributed by atoms with Gasteiger partial charge in [0.15, 0.2) is 5.82 Å². The first kappa shape index (κ1) is 12.1. The van der Waals surface area contributed by atoms with Gasteiger partial charge in [0, 0.05) is 31.0 Å². The van der Waals surface area contributed by atoms with E-state index in [1.54, 1.807) is 17.0 Å². The summed E-state index contributed by atoms with van der Waals surface area (Å²) < 4.78 is 1.69. The van der Waals surface area contributed by atoms with Crippen LogP contribution in [0.3, 0.4) is 0 Å². The molecule has 1 aliphatic rings. The molecule has 0 saturated heterocycles. The molecule has 3 N–H and O–H groups in total. The van der Waals surface area contributed by atoms with E-state index in [-0.39, 0.29) is 17.6 Å². The second-order valence-corrected chi connectivity index (χ2v) is 4.62. The Labute approximate surface area is 101 Å². The molecule has 2 unspecified atom stereocenters. The molecular formula is C12H20N4O. The van der Waals surface area contributed by atoms with E-state index in [2.05, 4.69) is 10.3 Å². The lowest BCUT2D eigenvalue weighted by Crippen LogP contribution is -2.38. The van der Waals surface area contributed by atoms with Crippen molar-refractivity contribution in [3.63, 3.8) is 0 Å². The van der Waals surface area contributed by atoms with Gasteiger partial charge in [-0.25, -0.2) is 4.98 Å². The second-order valence-electron chi connectivity index (χ2n) is 4.62. The maximum Gasteiger partial charge on any atom is 0.293 e. The van der Waals surface area contributed by atoms with Crippen LogP contribution in [0.5, 0.6) is 0 Å². The molecule has 1 heterocycles. The van der Waals surface area contributed by atoms with Crippen molar-refractivity contribution in [2.24, 2.45) is 5.73 Å². The van der Waals surface area contributed by atoms with E-state index in [1.807, 2.05) is 6.92 Å². The second kappa shape index (κ2) is 5.31. The molecule has 0 bridgehead atoms. The normalized spacial score (nSPS) is 23.9. The smallest absolute Gasteiger partial charge is 0.293 e. The Balaban J connectivity index is 2.15. The van der Waals surface area contributed by atoms with Gasteiger partial charge >= 0.3 is 0 Å². The van der Waals surface area contributed by atoms with Crippen molar-refractivity contribution in [3.05, 3.63) is 22.7 Å². The van der Waals surface area contributed by atoms with Crippen LogP contribution in [0, 0.1) is 0 Å². The van der Waals surface area contributed by atoms with E-state index in [1.165, 1.54) is 0 Å². The van der Waals surface area contributed by atoms with Crippen LogP contribution in [-0.4, -0.2) is 21.6 Å². The van der Waals surface area contributed by atoms with Crippen molar-refractivity contribution in [3.8, 4) is 0 Å². The number of aryl methyl sites for hydroxylation is 1. The Morgan fingerprint density at radius 3 is 3.06 bits per heavy atom. The minimum Gasteiger partial charge on any atom is -0.361 e. The van der Waals surface area contributed by atoms with Gasteiger partial charge in [0.25, 0.3) is 5.56 Å². The van der Waals surface area contributed by atoms with E-state index < -0.39 is 0 Å². The largest absolute Gasteiger partial charge is 0.361 e. The van der Waals surface area contributed by atoms with Gasteiger partial charge in [-0.2, -0.15) is 0 Å². The minimum atomic E-state index is -0.0477. The number of anilines is 1. The Morgan fingerprint density at radius 1 is 1.59 bits per heavy atom. The van der Waals surface area contributed by atoms with Gasteiger partial charge in [-0.3, -0.25) is 4.79 Å². The van der Waals surface area contributed by atoms with Gasteiger partial charge in [0.05, 0.1) is 0 Å². The highest BCUT2D eigenvalue weighted by Gasteiger charge is 2.24. The fourth-order valence-electron chi connectivity index (χ4n) is 2.31. The number of hydrogen-bond donors (Lipinski definition) is 2. The van der Waals surface area contributed by atoms with Gasteiger partial charge < -0.3 is 15.6 Å². The van der Waals surface area contributed by atoms with Crippen LogP contribution in [0.15, 0.2) is 17.2 Å². The number of aromatic nitrogens is 2. The third-order valence-corrected chi connectivity index (χ3v) is 3.27. The summed E-state index contributed by atoms with van der Waals surface area (Å²) in [5, 5.41) is 3.19. The summed E-state index contributed by atoms with van der Waals surface area (Å²) in [6.07, 6.45) is 7.49. The van der Waals surface area contributed by atoms with E-state index in [0.717, 1.165) is 32.2 Å². The molecule has 94 valence electrons. The summed E-state index contributed by atoms with van der Waals surface area (Å²) in [5.41, 5.74) is 5.93. The van der Waals surface area contributed by atoms with Crippen LogP contribution >= 0.6 is 0 Å². The number of hydrogen-bond acceptors (Lipinski definition) is 4. The van der Waals surface area contributed by atoms with Crippen LogP contribution in [0.25, 0.3) is 0 Å². The first-order chi connectivity index (χ1) is 8.22. The lowest BCUT2D eigenvalue weighted by Gasteiger charge is -2.17. The minimum absolute atomic E-state index is 0.0477. The van der Waals surface area contributed by atoms with Crippen molar-refractivity contribution < 1.29 is 0 Å². The van der Waals surface area contributed by atoms with Crippen molar-refractivity contribution in [1.29, 1.82) is 0 Å². The van der Waals surface area contributed by atoms with E-state index in [0.29, 0.717) is 5.82 Å². The molecule has 0 amide bonds. The molecule has 0 aromatic carbocycles. The lowest BCUT2D eigenvalue weighted by atomic mass is 10.2. The van der Waals surface area contributed by atoms with E-state index >= 15 is 0 Å². The maximum absolute atomic E-state index is 12.1. The summed E-state index contributed by atoms with van der Waals surface area (Å²) in [6.45, 7) is 2.78. The molecule has 1 fully saturated rings. The molecule has 1 aromatic heterocycles. The molecule has 0 aliphatic heterocycles.